The molecule has 2 aliphatic rings. The zero-order valence-corrected chi connectivity index (χ0v) is 21.4. The van der Waals surface area contributed by atoms with Gasteiger partial charge < -0.3 is 26.0 Å². The SMILES string of the molecule is NC(=O)c1cc(F)c(C2=C[C@@H](NC(=O)Nc3nccs3)CCC2)nc1Nc1ccc(N2CCOCC2)cc1. The summed E-state index contributed by atoms with van der Waals surface area (Å²) in [6.45, 7) is 3.01. The van der Waals surface area contributed by atoms with E-state index < -0.39 is 11.7 Å². The first kappa shape index (κ1) is 25.6. The van der Waals surface area contributed by atoms with Crippen LogP contribution in [0.25, 0.3) is 5.57 Å². The second kappa shape index (κ2) is 11.6. The number of anilines is 4. The number of hydrogen-bond acceptors (Lipinski definition) is 8. The Morgan fingerprint density at radius 1 is 1.18 bits per heavy atom. The number of nitrogens with two attached hydrogens (primary N) is 1. The maximum absolute atomic E-state index is 15.2. The van der Waals surface area contributed by atoms with Crippen LogP contribution >= 0.6 is 11.3 Å². The number of ether oxygens (including phenoxy) is 1. The number of nitrogens with one attached hydrogen (secondary N) is 3. The Morgan fingerprint density at radius 2 is 1.97 bits per heavy atom. The molecule has 0 saturated carbocycles. The topological polar surface area (TPSA) is 134 Å². The molecule has 12 heteroatoms. The summed E-state index contributed by atoms with van der Waals surface area (Å²) in [4.78, 5) is 35.2. The Balaban J connectivity index is 1.35. The lowest BCUT2D eigenvalue weighted by Crippen LogP contribution is -2.37. The first-order valence-corrected chi connectivity index (χ1v) is 13.2. The zero-order valence-electron chi connectivity index (χ0n) is 20.6. The van der Waals surface area contributed by atoms with E-state index in [0.717, 1.165) is 31.3 Å². The lowest BCUT2D eigenvalue weighted by molar-refractivity contribution is 0.1000. The highest BCUT2D eigenvalue weighted by atomic mass is 32.1. The first-order valence-electron chi connectivity index (χ1n) is 12.3. The van der Waals surface area contributed by atoms with E-state index in [0.29, 0.717) is 42.4 Å². The molecule has 0 radical (unpaired) electrons. The first-order chi connectivity index (χ1) is 18.5. The minimum Gasteiger partial charge on any atom is -0.378 e. The summed E-state index contributed by atoms with van der Waals surface area (Å²) in [7, 11) is 0. The summed E-state index contributed by atoms with van der Waals surface area (Å²) in [6, 6.07) is 8.12. The maximum atomic E-state index is 15.2. The molecule has 3 heterocycles. The maximum Gasteiger partial charge on any atom is 0.321 e. The van der Waals surface area contributed by atoms with Gasteiger partial charge in [0.1, 0.15) is 17.3 Å². The third-order valence-electron chi connectivity index (χ3n) is 6.38. The monoisotopic (exact) mass is 537 g/mol. The van der Waals surface area contributed by atoms with Gasteiger partial charge in [-0.1, -0.05) is 6.08 Å². The number of rotatable bonds is 7. The number of hydrogen-bond donors (Lipinski definition) is 4. The minimum absolute atomic E-state index is 0.0441. The molecular weight excluding hydrogens is 509 g/mol. The van der Waals surface area contributed by atoms with Gasteiger partial charge in [0.25, 0.3) is 5.91 Å². The van der Waals surface area contributed by atoms with Gasteiger partial charge in [0.2, 0.25) is 0 Å². The molecule has 1 aliphatic heterocycles. The van der Waals surface area contributed by atoms with Crippen LogP contribution in [-0.2, 0) is 4.74 Å². The number of pyridine rings is 1. The highest BCUT2D eigenvalue weighted by Crippen LogP contribution is 2.31. The van der Waals surface area contributed by atoms with E-state index >= 15 is 4.39 Å². The predicted molar refractivity (Wildman–Crippen MR) is 145 cm³/mol. The van der Waals surface area contributed by atoms with Crippen molar-refractivity contribution < 1.29 is 18.7 Å². The van der Waals surface area contributed by atoms with E-state index in [1.165, 1.54) is 11.3 Å². The number of carbonyl (C=O) groups is 2. The lowest BCUT2D eigenvalue weighted by atomic mass is 9.93. The summed E-state index contributed by atoms with van der Waals surface area (Å²) < 4.78 is 20.6. The van der Waals surface area contributed by atoms with E-state index in [1.54, 1.807) is 17.7 Å². The van der Waals surface area contributed by atoms with Crippen molar-refractivity contribution in [2.75, 3.05) is 41.8 Å². The number of morpholine rings is 1. The summed E-state index contributed by atoms with van der Waals surface area (Å²) in [6.07, 6.45) is 5.43. The molecule has 0 unspecified atom stereocenters. The molecule has 10 nitrogen and oxygen atoms in total. The number of nitrogens with zero attached hydrogens (tertiary/aromatic N) is 3. The largest absolute Gasteiger partial charge is 0.378 e. The molecule has 1 atom stereocenters. The fourth-order valence-corrected chi connectivity index (χ4v) is 5.05. The van der Waals surface area contributed by atoms with Crippen molar-refractivity contribution in [3.05, 3.63) is 65.1 Å². The smallest absolute Gasteiger partial charge is 0.321 e. The Bertz CT molecular complexity index is 1330. The van der Waals surface area contributed by atoms with Gasteiger partial charge in [-0.2, -0.15) is 0 Å². The van der Waals surface area contributed by atoms with Crippen LogP contribution in [-0.4, -0.2) is 54.3 Å². The van der Waals surface area contributed by atoms with E-state index in [4.69, 9.17) is 10.5 Å². The highest BCUT2D eigenvalue weighted by molar-refractivity contribution is 7.13. The number of amides is 3. The number of primary amides is 1. The third kappa shape index (κ3) is 6.09. The van der Waals surface area contributed by atoms with Gasteiger partial charge >= 0.3 is 6.03 Å². The molecule has 2 aromatic heterocycles. The number of urea groups is 1. The standard InChI is InChI=1S/C26H28FN7O3S/c27-21-15-20(23(28)35)24(30-17-4-6-19(7-5-17)34-9-11-37-12-10-34)32-22(21)16-2-1-3-18(14-16)31-25(36)33-26-29-8-13-38-26/h4-8,13-15,18H,1-3,9-12H2,(H2,28,35)(H,30,32)(H2,29,31,33,36)/t18-/m0/s1. The average Bonchev–Trinajstić information content (AvgIpc) is 3.43. The predicted octanol–water partition coefficient (Wildman–Crippen LogP) is 4.11. The summed E-state index contributed by atoms with van der Waals surface area (Å²) in [5.74, 6) is -1.26. The molecule has 3 amide bonds. The molecule has 198 valence electrons. The van der Waals surface area contributed by atoms with Crippen LogP contribution in [0.2, 0.25) is 0 Å². The van der Waals surface area contributed by atoms with Gasteiger partial charge in [0.05, 0.1) is 18.8 Å². The summed E-state index contributed by atoms with van der Waals surface area (Å²) in [5.41, 5.74) is 8.01. The second-order valence-electron chi connectivity index (χ2n) is 8.98. The molecule has 38 heavy (non-hydrogen) atoms. The van der Waals surface area contributed by atoms with Crippen LogP contribution in [0.3, 0.4) is 0 Å². The van der Waals surface area contributed by atoms with Gasteiger partial charge in [-0.05, 0) is 55.2 Å². The molecule has 0 bridgehead atoms. The number of halogens is 1. The van der Waals surface area contributed by atoms with E-state index in [9.17, 15) is 9.59 Å². The molecule has 1 aliphatic carbocycles. The number of allylic oxidation sites excluding steroid dienone is 1. The number of carbonyl (C=O) groups excluding carboxylic acids is 2. The minimum atomic E-state index is -0.786. The fraction of sp³-hybridized carbons (Fsp3) is 0.308. The molecule has 1 saturated heterocycles. The summed E-state index contributed by atoms with van der Waals surface area (Å²) in [5, 5.41) is 10.9. The fourth-order valence-electron chi connectivity index (χ4n) is 4.53. The van der Waals surface area contributed by atoms with Crippen molar-refractivity contribution >= 4 is 51.2 Å². The Labute approximate surface area is 223 Å². The van der Waals surface area contributed by atoms with Gasteiger partial charge in [-0.25, -0.2) is 19.2 Å². The van der Waals surface area contributed by atoms with Crippen LogP contribution in [0.15, 0.2) is 48.0 Å². The number of aromatic nitrogens is 2. The molecule has 1 fully saturated rings. The Hall–Kier alpha value is -4.03. The molecular formula is C26H28FN7O3S. The van der Waals surface area contributed by atoms with Crippen molar-refractivity contribution in [1.29, 1.82) is 0 Å². The molecule has 5 N–H and O–H groups in total. The van der Waals surface area contributed by atoms with Gasteiger partial charge in [-0.3, -0.25) is 10.1 Å². The quantitative estimate of drug-likeness (QED) is 0.356. The van der Waals surface area contributed by atoms with E-state index in [2.05, 4.69) is 30.8 Å². The van der Waals surface area contributed by atoms with Crippen LogP contribution in [0.5, 0.6) is 0 Å². The Morgan fingerprint density at radius 3 is 2.68 bits per heavy atom. The average molecular weight is 538 g/mol. The van der Waals surface area contributed by atoms with Crippen molar-refractivity contribution in [2.24, 2.45) is 5.73 Å². The molecule has 5 rings (SSSR count). The van der Waals surface area contributed by atoms with Crippen molar-refractivity contribution in [3.63, 3.8) is 0 Å². The van der Waals surface area contributed by atoms with Crippen molar-refractivity contribution in [2.45, 2.75) is 25.3 Å². The van der Waals surface area contributed by atoms with Crippen molar-refractivity contribution in [3.8, 4) is 0 Å². The van der Waals surface area contributed by atoms with Gasteiger partial charge in [-0.15, -0.1) is 11.3 Å². The van der Waals surface area contributed by atoms with Crippen LogP contribution in [0.4, 0.5) is 31.5 Å². The van der Waals surface area contributed by atoms with Crippen molar-refractivity contribution in [1.82, 2.24) is 15.3 Å². The normalized spacial score (nSPS) is 17.4. The second-order valence-corrected chi connectivity index (χ2v) is 9.87. The molecule has 1 aromatic carbocycles. The molecule has 3 aromatic rings. The van der Waals surface area contributed by atoms with Crippen LogP contribution in [0.1, 0.15) is 35.3 Å². The van der Waals surface area contributed by atoms with E-state index in [1.807, 2.05) is 24.3 Å². The molecule has 0 spiro atoms. The van der Waals surface area contributed by atoms with E-state index in [-0.39, 0.29) is 29.1 Å². The number of thiazole rings is 1. The Kier molecular flexibility index (Phi) is 7.80. The van der Waals surface area contributed by atoms with Gasteiger partial charge in [0.15, 0.2) is 5.13 Å². The summed E-state index contributed by atoms with van der Waals surface area (Å²) >= 11 is 1.32. The zero-order chi connectivity index (χ0) is 26.5. The van der Waals surface area contributed by atoms with Gasteiger partial charge in [0, 0.05) is 42.1 Å². The number of benzene rings is 1. The third-order valence-corrected chi connectivity index (χ3v) is 7.07. The van der Waals surface area contributed by atoms with Crippen LogP contribution < -0.4 is 26.6 Å². The van der Waals surface area contributed by atoms with Crippen LogP contribution in [0, 0.1) is 5.82 Å². The lowest BCUT2D eigenvalue weighted by Gasteiger charge is -2.29. The highest BCUT2D eigenvalue weighted by Gasteiger charge is 2.23.